The molecule has 1 aliphatic heterocycles. The average Bonchev–Trinajstić information content (AvgIpc) is 2.50. The van der Waals surface area contributed by atoms with Gasteiger partial charge in [0.05, 0.1) is 16.0 Å². The Labute approximate surface area is 99.6 Å². The molecule has 0 radical (unpaired) electrons. The number of carbonyl (C=O) groups excluding carboxylic acids is 1. The van der Waals surface area contributed by atoms with Crippen LogP contribution in [0.5, 0.6) is 0 Å². The Morgan fingerprint density at radius 1 is 1.71 bits per heavy atom. The van der Waals surface area contributed by atoms with E-state index < -0.39 is 16.6 Å². The van der Waals surface area contributed by atoms with E-state index in [1.54, 1.807) is 18.2 Å². The van der Waals surface area contributed by atoms with Crippen molar-refractivity contribution < 1.29 is 18.7 Å². The van der Waals surface area contributed by atoms with E-state index in [4.69, 9.17) is 5.53 Å². The third kappa shape index (κ3) is 1.96. The highest BCUT2D eigenvalue weighted by Gasteiger charge is 2.25. The molecule has 1 aliphatic rings. The fourth-order valence-corrected chi connectivity index (χ4v) is 3.04. The maximum absolute atomic E-state index is 11.7. The fraction of sp³-hybridized carbons (Fsp3) is 0.200. The van der Waals surface area contributed by atoms with Gasteiger partial charge in [-0.1, -0.05) is 12.1 Å². The van der Waals surface area contributed by atoms with Gasteiger partial charge >= 0.3 is 6.21 Å². The van der Waals surface area contributed by atoms with Crippen molar-refractivity contribution in [1.82, 2.24) is 0 Å². The van der Waals surface area contributed by atoms with Crippen LogP contribution in [0.15, 0.2) is 18.2 Å². The van der Waals surface area contributed by atoms with Gasteiger partial charge in [0.25, 0.3) is 5.78 Å². The minimum absolute atomic E-state index is 0.0693. The fourth-order valence-electron chi connectivity index (χ4n) is 1.72. The highest BCUT2D eigenvalue weighted by atomic mass is 32.3. The second-order valence-corrected chi connectivity index (χ2v) is 5.76. The summed E-state index contributed by atoms with van der Waals surface area (Å²) in [5.74, 6) is -0.327. The maximum Gasteiger partial charge on any atom is 0.377 e. The summed E-state index contributed by atoms with van der Waals surface area (Å²) in [6.07, 6.45) is 0.896. The van der Waals surface area contributed by atoms with Crippen LogP contribution in [-0.2, 0) is 5.75 Å². The molecule has 17 heavy (non-hydrogen) atoms. The second kappa shape index (κ2) is 3.97. The van der Waals surface area contributed by atoms with Crippen LogP contribution in [0.4, 0.5) is 5.69 Å². The third-order valence-corrected chi connectivity index (χ3v) is 4.40. The molecule has 6 nitrogen and oxygen atoms in total. The average molecular weight is 253 g/mol. The number of hydrogen-bond acceptors (Lipinski definition) is 5. The van der Waals surface area contributed by atoms with E-state index in [1.165, 1.54) is 11.4 Å². The summed E-state index contributed by atoms with van der Waals surface area (Å²) in [5.41, 5.74) is 8.25. The highest BCUT2D eigenvalue weighted by Crippen LogP contribution is 2.55. The zero-order valence-electron chi connectivity index (χ0n) is 9.08. The smallest absolute Gasteiger partial charge is 0.377 e. The number of ketones is 1. The molecular formula is C10H11N3O3S. The van der Waals surface area contributed by atoms with Crippen LogP contribution < -0.4 is 4.31 Å². The first-order valence-electron chi connectivity index (χ1n) is 4.81. The Kier molecular flexibility index (Phi) is 2.76. The van der Waals surface area contributed by atoms with E-state index >= 15 is 0 Å². The van der Waals surface area contributed by atoms with Crippen LogP contribution in [0.2, 0.25) is 0 Å². The highest BCUT2D eigenvalue weighted by molar-refractivity contribution is 8.25. The lowest BCUT2D eigenvalue weighted by atomic mass is 10.1. The minimum atomic E-state index is -3.04. The van der Waals surface area contributed by atoms with Crippen LogP contribution in [-0.4, -0.2) is 32.9 Å². The van der Waals surface area contributed by atoms with Gasteiger partial charge < -0.3 is 13.4 Å². The molecule has 0 bridgehead atoms. The van der Waals surface area contributed by atoms with Gasteiger partial charge in [-0.25, -0.2) is 0 Å². The normalized spacial score (nSPS) is 25.7. The number of nitrogens with one attached hydrogen (secondary N) is 1. The minimum Gasteiger partial charge on any atom is -0.750 e. The van der Waals surface area contributed by atoms with Crippen LogP contribution >= 0.6 is 10.8 Å². The predicted octanol–water partition coefficient (Wildman–Crippen LogP) is 1.45. The van der Waals surface area contributed by atoms with Gasteiger partial charge in [0.2, 0.25) is 0 Å². The largest absolute Gasteiger partial charge is 0.750 e. The van der Waals surface area contributed by atoms with Crippen molar-refractivity contribution in [3.63, 3.8) is 0 Å². The summed E-state index contributed by atoms with van der Waals surface area (Å²) < 4.78 is 22.6. The van der Waals surface area contributed by atoms with Crippen molar-refractivity contribution >= 4 is 28.5 Å². The molecule has 0 aliphatic carbocycles. The molecule has 90 valence electrons. The number of anilines is 1. The Balaban J connectivity index is 2.44. The van der Waals surface area contributed by atoms with E-state index in [1.807, 2.05) is 0 Å². The zero-order valence-corrected chi connectivity index (χ0v) is 9.90. The van der Waals surface area contributed by atoms with Crippen molar-refractivity contribution in [2.75, 3.05) is 11.4 Å². The van der Waals surface area contributed by atoms with Crippen LogP contribution in [0.1, 0.15) is 15.9 Å². The summed E-state index contributed by atoms with van der Waals surface area (Å²) in [6.45, 7) is 0. The van der Waals surface area contributed by atoms with E-state index in [2.05, 4.69) is 4.79 Å². The van der Waals surface area contributed by atoms with Gasteiger partial charge in [-0.3, -0.25) is 15.6 Å². The Morgan fingerprint density at radius 2 is 2.41 bits per heavy atom. The standard InChI is InChI=1S/C10H11N3O3S/c1-13-9-4-7(10(14)5-12-11)2-3-8(9)6-17(13,15)16/h2-5,11H,6H2,1H3,(H-,15,16). The molecule has 0 aromatic heterocycles. The van der Waals surface area contributed by atoms with Crippen molar-refractivity contribution in [3.8, 4) is 0 Å². The molecule has 7 heteroatoms. The second-order valence-electron chi connectivity index (χ2n) is 3.71. The van der Waals surface area contributed by atoms with Crippen molar-refractivity contribution in [2.45, 2.75) is 5.75 Å². The summed E-state index contributed by atoms with van der Waals surface area (Å²) in [7, 11) is -1.52. The first kappa shape index (κ1) is 11.8. The number of benzene rings is 1. The third-order valence-electron chi connectivity index (χ3n) is 2.66. The topological polar surface area (TPSA) is 102 Å². The van der Waals surface area contributed by atoms with Gasteiger partial charge in [-0.05, 0) is 11.6 Å². The van der Waals surface area contributed by atoms with Crippen LogP contribution in [0.3, 0.4) is 0 Å². The predicted molar refractivity (Wildman–Crippen MR) is 62.9 cm³/mol. The van der Waals surface area contributed by atoms with Gasteiger partial charge in [-0.15, -0.1) is 0 Å². The monoisotopic (exact) mass is 253 g/mol. The Morgan fingerprint density at radius 3 is 3.06 bits per heavy atom. The number of rotatable bonds is 2. The van der Waals surface area contributed by atoms with E-state index in [0.29, 0.717) is 11.3 Å². The molecule has 2 rings (SSSR count). The summed E-state index contributed by atoms with van der Waals surface area (Å²) in [6, 6.07) is 4.76. The zero-order chi connectivity index (χ0) is 12.6. The molecule has 0 amide bonds. The molecule has 0 fully saturated rings. The van der Waals surface area contributed by atoms with Crippen LogP contribution in [0.25, 0.3) is 0 Å². The lowest BCUT2D eigenvalue weighted by molar-refractivity contribution is -0.111. The maximum atomic E-state index is 11.7. The SMILES string of the molecule is CN1c2cc(C(=O)C=[N+]=N)ccc2CS1([O-])O. The quantitative estimate of drug-likeness (QED) is 0.360. The Bertz CT molecular complexity index is 538. The van der Waals surface area contributed by atoms with Crippen molar-refractivity contribution in [3.05, 3.63) is 29.3 Å². The number of hydrogen-bond donors (Lipinski definition) is 2. The van der Waals surface area contributed by atoms with Gasteiger partial charge in [-0.2, -0.15) is 0 Å². The Hall–Kier alpha value is -1.66. The first-order valence-corrected chi connectivity index (χ1v) is 6.45. The number of nitrogens with zero attached hydrogens (tertiary/aromatic N) is 2. The molecule has 0 saturated carbocycles. The molecule has 1 heterocycles. The molecule has 1 unspecified atom stereocenters. The summed E-state index contributed by atoms with van der Waals surface area (Å²) >= 11 is 0. The summed E-state index contributed by atoms with van der Waals surface area (Å²) in [5, 5.41) is 0. The number of Topliss-reactive ketones (excluding diaryl/α,β-unsaturated/α-hetero) is 1. The van der Waals surface area contributed by atoms with Gasteiger partial charge in [0.1, 0.15) is 0 Å². The molecule has 1 aromatic rings. The van der Waals surface area contributed by atoms with Crippen molar-refractivity contribution in [1.29, 1.82) is 5.53 Å². The van der Waals surface area contributed by atoms with Crippen molar-refractivity contribution in [2.24, 2.45) is 0 Å². The molecule has 2 N–H and O–H groups in total. The molecule has 1 atom stereocenters. The number of carbonyl (C=O) groups is 1. The summed E-state index contributed by atoms with van der Waals surface area (Å²) in [4.78, 5) is 14.4. The van der Waals surface area contributed by atoms with Gasteiger partial charge in [0, 0.05) is 18.4 Å². The van der Waals surface area contributed by atoms with E-state index in [0.717, 1.165) is 11.8 Å². The lowest BCUT2D eigenvalue weighted by Gasteiger charge is -2.48. The molecule has 0 saturated heterocycles. The molecular weight excluding hydrogens is 242 g/mol. The number of fused-ring (bicyclic) bond motifs is 1. The lowest BCUT2D eigenvalue weighted by Crippen LogP contribution is -2.18. The van der Waals surface area contributed by atoms with E-state index in [-0.39, 0.29) is 5.75 Å². The van der Waals surface area contributed by atoms with Crippen LogP contribution in [0, 0.1) is 5.53 Å². The molecule has 1 aromatic carbocycles. The first-order chi connectivity index (χ1) is 7.95. The van der Waals surface area contributed by atoms with Gasteiger partial charge in [0.15, 0.2) is 0 Å². The molecule has 0 spiro atoms. The van der Waals surface area contributed by atoms with E-state index in [9.17, 15) is 13.9 Å².